The van der Waals surface area contributed by atoms with E-state index in [0.717, 1.165) is 13.1 Å². The molecule has 0 saturated carbocycles. The minimum Gasteiger partial charge on any atom is -0.661 e. The van der Waals surface area contributed by atoms with E-state index in [2.05, 4.69) is 38.3 Å². The van der Waals surface area contributed by atoms with Crippen LogP contribution in [-0.4, -0.2) is 25.2 Å². The molecule has 0 aromatic rings. The minimum absolute atomic E-state index is 0. The van der Waals surface area contributed by atoms with Gasteiger partial charge in [0.2, 0.25) is 0 Å². The smallest absolute Gasteiger partial charge is 0.661 e. The van der Waals surface area contributed by atoms with E-state index in [1.54, 1.807) is 0 Å². The molecule has 0 spiro atoms. The number of nitrogens with zero attached hydrogens (tertiary/aromatic N) is 2. The van der Waals surface area contributed by atoms with Crippen molar-refractivity contribution in [1.82, 2.24) is 0 Å². The SMILES string of the molecule is CC(C)[N-]CC[N-]C(C)C.[V+2]. The van der Waals surface area contributed by atoms with Crippen molar-refractivity contribution in [2.75, 3.05) is 13.1 Å². The molecule has 0 heterocycles. The summed E-state index contributed by atoms with van der Waals surface area (Å²) < 4.78 is 0. The molecule has 0 aliphatic rings. The van der Waals surface area contributed by atoms with Gasteiger partial charge in [-0.25, -0.2) is 0 Å². The van der Waals surface area contributed by atoms with E-state index >= 15 is 0 Å². The molecule has 0 aliphatic carbocycles. The van der Waals surface area contributed by atoms with Crippen LogP contribution in [0.3, 0.4) is 0 Å². The van der Waals surface area contributed by atoms with Crippen LogP contribution in [0.2, 0.25) is 0 Å². The van der Waals surface area contributed by atoms with Gasteiger partial charge in [0.25, 0.3) is 0 Å². The zero-order chi connectivity index (χ0) is 7.98. The molecule has 65 valence electrons. The Labute approximate surface area is 82.4 Å². The normalized spacial score (nSPS) is 10.4. The molecule has 0 unspecified atom stereocenters. The van der Waals surface area contributed by atoms with E-state index in [4.69, 9.17) is 0 Å². The molecule has 0 N–H and O–H groups in total. The fourth-order valence-electron chi connectivity index (χ4n) is 0.632. The summed E-state index contributed by atoms with van der Waals surface area (Å²) in [5.74, 6) is 0. The fraction of sp³-hybridized carbons (Fsp3) is 1.00. The summed E-state index contributed by atoms with van der Waals surface area (Å²) in [4.78, 5) is 0. The summed E-state index contributed by atoms with van der Waals surface area (Å²) in [6.07, 6.45) is 0. The van der Waals surface area contributed by atoms with Crippen LogP contribution in [0.4, 0.5) is 0 Å². The minimum atomic E-state index is 0. The van der Waals surface area contributed by atoms with Gasteiger partial charge in [-0.05, 0) is 0 Å². The first kappa shape index (κ1) is 14.1. The molecule has 0 fully saturated rings. The third-order valence-corrected chi connectivity index (χ3v) is 1.09. The average Bonchev–Trinajstić information content (AvgIpc) is 1.79. The molecule has 0 saturated heterocycles. The van der Waals surface area contributed by atoms with Crippen molar-refractivity contribution >= 4 is 0 Å². The van der Waals surface area contributed by atoms with Gasteiger partial charge in [-0.2, -0.15) is 13.1 Å². The van der Waals surface area contributed by atoms with Crippen molar-refractivity contribution < 1.29 is 18.6 Å². The average molecular weight is 193 g/mol. The first-order chi connectivity index (χ1) is 4.63. The molecule has 3 heteroatoms. The van der Waals surface area contributed by atoms with Crippen LogP contribution in [0.25, 0.3) is 10.6 Å². The van der Waals surface area contributed by atoms with Crippen LogP contribution >= 0.6 is 0 Å². The van der Waals surface area contributed by atoms with Gasteiger partial charge in [-0.15, -0.1) is 12.1 Å². The van der Waals surface area contributed by atoms with E-state index in [9.17, 15) is 0 Å². The predicted octanol–water partition coefficient (Wildman–Crippen LogP) is 2.55. The molecule has 0 amide bonds. The standard InChI is InChI=1S/C8H18N2.V/c1-7(2)9-5-6-10-8(3)4;/h7-8H,5-6H2,1-4H3;/q-2;+2. The molecule has 0 bridgehead atoms. The van der Waals surface area contributed by atoms with Crippen LogP contribution in [-0.2, 0) is 18.6 Å². The second-order valence-electron chi connectivity index (χ2n) is 3.00. The molecule has 0 rings (SSSR count). The van der Waals surface area contributed by atoms with Crippen LogP contribution in [0.5, 0.6) is 0 Å². The van der Waals surface area contributed by atoms with Gasteiger partial charge in [-0.1, -0.05) is 27.7 Å². The fourth-order valence-corrected chi connectivity index (χ4v) is 0.632. The zero-order valence-corrected chi connectivity index (χ0v) is 9.31. The van der Waals surface area contributed by atoms with Gasteiger partial charge in [0.1, 0.15) is 0 Å². The van der Waals surface area contributed by atoms with Gasteiger partial charge >= 0.3 is 18.6 Å². The summed E-state index contributed by atoms with van der Waals surface area (Å²) in [7, 11) is 0. The van der Waals surface area contributed by atoms with Crippen molar-refractivity contribution in [3.05, 3.63) is 10.6 Å². The van der Waals surface area contributed by atoms with Crippen molar-refractivity contribution in [3.63, 3.8) is 0 Å². The second-order valence-corrected chi connectivity index (χ2v) is 3.00. The van der Waals surface area contributed by atoms with Crippen molar-refractivity contribution in [2.45, 2.75) is 39.8 Å². The maximum absolute atomic E-state index is 4.30. The monoisotopic (exact) mass is 193 g/mol. The summed E-state index contributed by atoms with van der Waals surface area (Å²) in [6, 6.07) is 0.921. The Kier molecular flexibility index (Phi) is 11.0. The molecule has 11 heavy (non-hydrogen) atoms. The number of rotatable bonds is 5. The summed E-state index contributed by atoms with van der Waals surface area (Å²) >= 11 is 0. The Bertz CT molecular complexity index is 64.5. The van der Waals surface area contributed by atoms with Crippen molar-refractivity contribution in [2.24, 2.45) is 0 Å². The Morgan fingerprint density at radius 1 is 0.818 bits per heavy atom. The van der Waals surface area contributed by atoms with Crippen LogP contribution in [0, 0.1) is 0 Å². The molecular weight excluding hydrogens is 175 g/mol. The first-order valence-corrected chi connectivity index (χ1v) is 3.96. The third-order valence-electron chi connectivity index (χ3n) is 1.09. The molecular formula is C8H18N2V. The van der Waals surface area contributed by atoms with Crippen molar-refractivity contribution in [3.8, 4) is 0 Å². The van der Waals surface area contributed by atoms with Gasteiger partial charge in [0, 0.05) is 0 Å². The topological polar surface area (TPSA) is 28.2 Å². The van der Waals surface area contributed by atoms with E-state index in [1.165, 1.54) is 0 Å². The van der Waals surface area contributed by atoms with E-state index in [-0.39, 0.29) is 18.6 Å². The second kappa shape index (κ2) is 8.60. The molecule has 0 atom stereocenters. The number of hydrogen-bond acceptors (Lipinski definition) is 0. The Morgan fingerprint density at radius 2 is 1.09 bits per heavy atom. The predicted molar refractivity (Wildman–Crippen MR) is 46.7 cm³/mol. The van der Waals surface area contributed by atoms with E-state index in [0.29, 0.717) is 12.1 Å². The zero-order valence-electron chi connectivity index (χ0n) is 7.91. The molecule has 2 nitrogen and oxygen atoms in total. The van der Waals surface area contributed by atoms with Crippen LogP contribution in [0.1, 0.15) is 27.7 Å². The van der Waals surface area contributed by atoms with Crippen molar-refractivity contribution in [1.29, 1.82) is 0 Å². The maximum Gasteiger partial charge on any atom is 2.00 e. The summed E-state index contributed by atoms with van der Waals surface area (Å²) in [5, 5.41) is 8.61. The molecule has 0 aliphatic heterocycles. The Morgan fingerprint density at radius 3 is 1.27 bits per heavy atom. The van der Waals surface area contributed by atoms with E-state index < -0.39 is 0 Å². The van der Waals surface area contributed by atoms with Gasteiger partial charge in [0.05, 0.1) is 0 Å². The van der Waals surface area contributed by atoms with Crippen LogP contribution in [0.15, 0.2) is 0 Å². The molecule has 1 radical (unpaired) electrons. The molecule has 0 aromatic heterocycles. The quantitative estimate of drug-likeness (QED) is 0.600. The summed E-state index contributed by atoms with van der Waals surface area (Å²) in [5.41, 5.74) is 0. The Hall–Kier alpha value is 0.504. The van der Waals surface area contributed by atoms with Gasteiger partial charge in [0.15, 0.2) is 0 Å². The Balaban J connectivity index is 0. The first-order valence-electron chi connectivity index (χ1n) is 3.96. The number of hydrogen-bond donors (Lipinski definition) is 0. The largest absolute Gasteiger partial charge is 2.00 e. The van der Waals surface area contributed by atoms with E-state index in [1.807, 2.05) is 0 Å². The van der Waals surface area contributed by atoms with Crippen LogP contribution < -0.4 is 0 Å². The van der Waals surface area contributed by atoms with Gasteiger partial charge < -0.3 is 10.6 Å². The maximum atomic E-state index is 4.30. The molecule has 0 aromatic carbocycles. The van der Waals surface area contributed by atoms with Gasteiger partial charge in [-0.3, -0.25) is 0 Å². The third kappa shape index (κ3) is 13.5. The summed E-state index contributed by atoms with van der Waals surface area (Å²) in [6.45, 7) is 10.1.